The summed E-state index contributed by atoms with van der Waals surface area (Å²) < 4.78 is 22.6. The number of benzene rings is 2. The van der Waals surface area contributed by atoms with Crippen molar-refractivity contribution < 1.29 is 18.6 Å². The van der Waals surface area contributed by atoms with Crippen LogP contribution >= 0.6 is 0 Å². The van der Waals surface area contributed by atoms with E-state index >= 15 is 0 Å². The Kier molecular flexibility index (Phi) is 7.80. The van der Waals surface area contributed by atoms with E-state index in [2.05, 4.69) is 30.9 Å². The van der Waals surface area contributed by atoms with Gasteiger partial charge in [0.2, 0.25) is 0 Å². The summed E-state index contributed by atoms with van der Waals surface area (Å²) in [5, 5.41) is 0.796. The van der Waals surface area contributed by atoms with Crippen molar-refractivity contribution in [3.8, 4) is 17.2 Å². The first-order chi connectivity index (χ1) is 15.5. The molecule has 0 saturated heterocycles. The molecule has 0 amide bonds. The van der Waals surface area contributed by atoms with Crippen molar-refractivity contribution >= 4 is 11.0 Å². The van der Waals surface area contributed by atoms with Crippen molar-refractivity contribution in [3.63, 3.8) is 0 Å². The maximum absolute atomic E-state index is 12.4. The van der Waals surface area contributed by atoms with Crippen LogP contribution in [-0.4, -0.2) is 45.9 Å². The molecule has 1 heterocycles. The third kappa shape index (κ3) is 4.75. The fourth-order valence-electron chi connectivity index (χ4n) is 4.31. The van der Waals surface area contributed by atoms with Crippen LogP contribution in [0.1, 0.15) is 42.9 Å². The van der Waals surface area contributed by atoms with Crippen LogP contribution < -0.4 is 19.8 Å². The predicted molar refractivity (Wildman–Crippen MR) is 128 cm³/mol. The Morgan fingerprint density at radius 2 is 1.59 bits per heavy atom. The highest BCUT2D eigenvalue weighted by molar-refractivity contribution is 5.92. The van der Waals surface area contributed by atoms with Gasteiger partial charge >= 0.3 is 5.63 Å². The molecular formula is C26H33NO5. The van der Waals surface area contributed by atoms with Crippen LogP contribution in [0.25, 0.3) is 11.0 Å². The van der Waals surface area contributed by atoms with E-state index in [4.69, 9.17) is 18.6 Å². The number of rotatable bonds is 10. The van der Waals surface area contributed by atoms with Gasteiger partial charge in [0.15, 0.2) is 0 Å². The lowest BCUT2D eigenvalue weighted by molar-refractivity contribution is 0.293. The zero-order valence-electron chi connectivity index (χ0n) is 19.9. The van der Waals surface area contributed by atoms with Gasteiger partial charge in [0.1, 0.15) is 22.8 Å². The molecule has 0 saturated carbocycles. The van der Waals surface area contributed by atoms with E-state index in [1.165, 1.54) is 6.07 Å². The van der Waals surface area contributed by atoms with Gasteiger partial charge in [0.05, 0.1) is 26.7 Å². The van der Waals surface area contributed by atoms with Gasteiger partial charge in [-0.2, -0.15) is 0 Å². The molecule has 0 spiro atoms. The lowest BCUT2D eigenvalue weighted by Crippen LogP contribution is -2.25. The Hall–Kier alpha value is -2.99. The average molecular weight is 440 g/mol. The van der Waals surface area contributed by atoms with Crippen molar-refractivity contribution in [1.29, 1.82) is 0 Å². The van der Waals surface area contributed by atoms with Gasteiger partial charge in [0.25, 0.3) is 0 Å². The zero-order valence-corrected chi connectivity index (χ0v) is 19.9. The summed E-state index contributed by atoms with van der Waals surface area (Å²) in [5.41, 5.74) is 2.91. The van der Waals surface area contributed by atoms with Gasteiger partial charge in [-0.05, 0) is 56.2 Å². The minimum Gasteiger partial charge on any atom is -0.497 e. The summed E-state index contributed by atoms with van der Waals surface area (Å²) in [7, 11) is 4.90. The van der Waals surface area contributed by atoms with Gasteiger partial charge in [-0.15, -0.1) is 0 Å². The molecule has 3 rings (SSSR count). The Balaban J connectivity index is 2.28. The molecule has 3 aromatic rings. The van der Waals surface area contributed by atoms with E-state index in [0.29, 0.717) is 17.1 Å². The number of ether oxygens (including phenoxy) is 3. The van der Waals surface area contributed by atoms with E-state index in [-0.39, 0.29) is 11.5 Å². The third-order valence-electron chi connectivity index (χ3n) is 6.11. The molecule has 0 N–H and O–H groups in total. The summed E-state index contributed by atoms with van der Waals surface area (Å²) >= 11 is 0. The first-order valence-corrected chi connectivity index (χ1v) is 11.0. The third-order valence-corrected chi connectivity index (χ3v) is 6.11. The molecule has 32 heavy (non-hydrogen) atoms. The molecule has 0 radical (unpaired) electrons. The minimum atomic E-state index is -0.385. The van der Waals surface area contributed by atoms with Crippen LogP contribution in [0.2, 0.25) is 0 Å². The zero-order chi connectivity index (χ0) is 23.3. The van der Waals surface area contributed by atoms with E-state index in [9.17, 15) is 4.79 Å². The minimum absolute atomic E-state index is 0.0465. The van der Waals surface area contributed by atoms with E-state index in [1.807, 2.05) is 25.1 Å². The maximum Gasteiger partial charge on any atom is 0.336 e. The van der Waals surface area contributed by atoms with Crippen LogP contribution in [0.4, 0.5) is 0 Å². The topological polar surface area (TPSA) is 61.1 Å². The lowest BCUT2D eigenvalue weighted by atomic mass is 9.85. The number of fused-ring (bicyclic) bond motifs is 1. The monoisotopic (exact) mass is 439 g/mol. The summed E-state index contributed by atoms with van der Waals surface area (Å²) in [4.78, 5) is 14.8. The normalized spacial score (nSPS) is 12.2. The highest BCUT2D eigenvalue weighted by Gasteiger charge is 2.26. The van der Waals surface area contributed by atoms with Crippen LogP contribution in [0.15, 0.2) is 45.6 Å². The number of methoxy groups -OCH3 is 3. The van der Waals surface area contributed by atoms with Gasteiger partial charge in [-0.1, -0.05) is 26.0 Å². The molecule has 6 nitrogen and oxygen atoms in total. The number of nitrogens with zero attached hydrogens (tertiary/aromatic N) is 1. The quantitative estimate of drug-likeness (QED) is 0.415. The number of hydrogen-bond acceptors (Lipinski definition) is 6. The lowest BCUT2D eigenvalue weighted by Gasteiger charge is -2.26. The largest absolute Gasteiger partial charge is 0.497 e. The average Bonchev–Trinajstić information content (AvgIpc) is 2.81. The fourth-order valence-corrected chi connectivity index (χ4v) is 4.31. The molecule has 6 heteroatoms. The van der Waals surface area contributed by atoms with Crippen molar-refractivity contribution in [2.45, 2.75) is 33.1 Å². The molecule has 0 bridgehead atoms. The standard InChI is InChI=1S/C26H33NO5/c1-7-27(8-2)14-13-20(18-9-11-19(29-4)12-10-18)25-22(31-6)16-21(30-5)24-17(3)15-23(28)32-26(24)25/h9-12,15-16,20H,7-8,13-14H2,1-6H3/t20-/m1/s1. The second-order valence-corrected chi connectivity index (χ2v) is 7.79. The molecule has 0 aliphatic rings. The molecule has 2 aromatic carbocycles. The first kappa shape index (κ1) is 23.7. The maximum atomic E-state index is 12.4. The van der Waals surface area contributed by atoms with Crippen molar-refractivity contribution in [2.75, 3.05) is 41.0 Å². The van der Waals surface area contributed by atoms with Gasteiger partial charge in [0, 0.05) is 23.6 Å². The van der Waals surface area contributed by atoms with Crippen LogP contribution in [0, 0.1) is 6.92 Å². The van der Waals surface area contributed by atoms with Gasteiger partial charge in [-0.3, -0.25) is 0 Å². The van der Waals surface area contributed by atoms with E-state index in [1.54, 1.807) is 21.3 Å². The van der Waals surface area contributed by atoms with Crippen LogP contribution in [-0.2, 0) is 0 Å². The second-order valence-electron chi connectivity index (χ2n) is 7.79. The summed E-state index contributed by atoms with van der Waals surface area (Å²) in [5.74, 6) is 2.02. The summed E-state index contributed by atoms with van der Waals surface area (Å²) in [6.07, 6.45) is 0.837. The Labute approximate surface area is 189 Å². The Morgan fingerprint density at radius 3 is 2.16 bits per heavy atom. The fraction of sp³-hybridized carbons (Fsp3) is 0.423. The molecule has 0 aliphatic heterocycles. The smallest absolute Gasteiger partial charge is 0.336 e. The van der Waals surface area contributed by atoms with Crippen LogP contribution in [0.3, 0.4) is 0 Å². The van der Waals surface area contributed by atoms with Gasteiger partial charge < -0.3 is 23.5 Å². The van der Waals surface area contributed by atoms with Crippen LogP contribution in [0.5, 0.6) is 17.2 Å². The number of hydrogen-bond donors (Lipinski definition) is 0. The SMILES string of the molecule is CCN(CC)CC[C@H](c1ccc(OC)cc1)c1c(OC)cc(OC)c2c(C)cc(=O)oc12. The highest BCUT2D eigenvalue weighted by atomic mass is 16.5. The highest BCUT2D eigenvalue weighted by Crippen LogP contribution is 2.44. The molecule has 0 unspecified atom stereocenters. The molecule has 1 atom stereocenters. The Bertz CT molecular complexity index is 1100. The Morgan fingerprint density at radius 1 is 0.938 bits per heavy atom. The number of aryl methyl sites for hydroxylation is 1. The van der Waals surface area contributed by atoms with E-state index < -0.39 is 0 Å². The first-order valence-electron chi connectivity index (χ1n) is 11.0. The molecule has 0 aliphatic carbocycles. The molecule has 1 aromatic heterocycles. The molecule has 172 valence electrons. The van der Waals surface area contributed by atoms with E-state index in [0.717, 1.165) is 53.9 Å². The second kappa shape index (κ2) is 10.6. The molecular weight excluding hydrogens is 406 g/mol. The predicted octanol–water partition coefficient (Wildman–Crippen LogP) is 4.99. The summed E-state index contributed by atoms with van der Waals surface area (Å²) in [6, 6.07) is 11.4. The van der Waals surface area contributed by atoms with Crippen molar-refractivity contribution in [2.24, 2.45) is 0 Å². The van der Waals surface area contributed by atoms with Crippen molar-refractivity contribution in [3.05, 3.63) is 63.5 Å². The summed E-state index contributed by atoms with van der Waals surface area (Å²) in [6.45, 7) is 9.07. The van der Waals surface area contributed by atoms with Crippen molar-refractivity contribution in [1.82, 2.24) is 4.90 Å². The van der Waals surface area contributed by atoms with Gasteiger partial charge in [-0.25, -0.2) is 4.79 Å². The molecule has 0 fully saturated rings.